The standard InChI is InChI=1S/C16H23NO2/c1-4-19-15-8-14(9-17-10-15)16(18)13-6-11(2)5-12(3)7-13/h5,8-11,13,16,18H,4,6-7H2,1-3H3. The molecule has 1 heterocycles. The normalized spacial score (nSPS) is 24.7. The topological polar surface area (TPSA) is 42.4 Å². The summed E-state index contributed by atoms with van der Waals surface area (Å²) in [5.74, 6) is 1.55. The Morgan fingerprint density at radius 3 is 2.95 bits per heavy atom. The molecule has 3 unspecified atom stereocenters. The molecular formula is C16H23NO2. The molecule has 104 valence electrons. The lowest BCUT2D eigenvalue weighted by Crippen LogP contribution is -2.19. The third-order valence-electron chi connectivity index (χ3n) is 3.66. The van der Waals surface area contributed by atoms with Crippen molar-refractivity contribution in [1.29, 1.82) is 0 Å². The number of ether oxygens (including phenoxy) is 1. The zero-order valence-electron chi connectivity index (χ0n) is 12.0. The Labute approximate surface area is 115 Å². The SMILES string of the molecule is CCOc1cncc(C(O)C2CC(C)=CC(C)C2)c1. The van der Waals surface area contributed by atoms with Gasteiger partial charge in [0.25, 0.3) is 0 Å². The maximum Gasteiger partial charge on any atom is 0.137 e. The van der Waals surface area contributed by atoms with Gasteiger partial charge in [0, 0.05) is 11.8 Å². The van der Waals surface area contributed by atoms with E-state index in [2.05, 4.69) is 24.9 Å². The van der Waals surface area contributed by atoms with Gasteiger partial charge in [-0.3, -0.25) is 4.98 Å². The summed E-state index contributed by atoms with van der Waals surface area (Å²) in [6.07, 6.45) is 7.26. The summed E-state index contributed by atoms with van der Waals surface area (Å²) >= 11 is 0. The van der Waals surface area contributed by atoms with Crippen LogP contribution in [-0.2, 0) is 0 Å². The Bertz CT molecular complexity index is 456. The predicted octanol–water partition coefficient (Wildman–Crippen LogP) is 3.51. The smallest absolute Gasteiger partial charge is 0.137 e. The molecule has 19 heavy (non-hydrogen) atoms. The Kier molecular flexibility index (Phi) is 4.59. The summed E-state index contributed by atoms with van der Waals surface area (Å²) in [6.45, 7) is 6.91. The highest BCUT2D eigenvalue weighted by Crippen LogP contribution is 2.37. The summed E-state index contributed by atoms with van der Waals surface area (Å²) in [5.41, 5.74) is 2.23. The van der Waals surface area contributed by atoms with Crippen LogP contribution in [0.3, 0.4) is 0 Å². The van der Waals surface area contributed by atoms with Crippen molar-refractivity contribution in [2.45, 2.75) is 39.7 Å². The number of rotatable bonds is 4. The molecule has 1 N–H and O–H groups in total. The van der Waals surface area contributed by atoms with Gasteiger partial charge in [-0.25, -0.2) is 0 Å². The maximum absolute atomic E-state index is 10.6. The lowest BCUT2D eigenvalue weighted by molar-refractivity contribution is 0.0926. The van der Waals surface area contributed by atoms with Crippen LogP contribution in [0.4, 0.5) is 0 Å². The van der Waals surface area contributed by atoms with Crippen LogP contribution in [0.1, 0.15) is 45.3 Å². The minimum Gasteiger partial charge on any atom is -0.492 e. The van der Waals surface area contributed by atoms with Crippen molar-refractivity contribution in [3.8, 4) is 5.75 Å². The number of hydrogen-bond acceptors (Lipinski definition) is 3. The number of allylic oxidation sites excluding steroid dienone is 2. The first-order chi connectivity index (χ1) is 9.10. The Morgan fingerprint density at radius 2 is 2.26 bits per heavy atom. The van der Waals surface area contributed by atoms with Gasteiger partial charge in [0.1, 0.15) is 5.75 Å². The van der Waals surface area contributed by atoms with Gasteiger partial charge in [0.05, 0.1) is 18.9 Å². The number of pyridine rings is 1. The second-order valence-electron chi connectivity index (χ2n) is 5.52. The first-order valence-corrected chi connectivity index (χ1v) is 7.03. The molecule has 2 rings (SSSR count). The fourth-order valence-electron chi connectivity index (χ4n) is 2.95. The Morgan fingerprint density at radius 1 is 1.47 bits per heavy atom. The number of aromatic nitrogens is 1. The highest BCUT2D eigenvalue weighted by atomic mass is 16.5. The molecule has 0 aromatic carbocycles. The molecule has 1 aromatic rings. The average Bonchev–Trinajstić information content (AvgIpc) is 2.37. The molecule has 3 nitrogen and oxygen atoms in total. The second kappa shape index (κ2) is 6.20. The number of aliphatic hydroxyl groups is 1. The zero-order valence-corrected chi connectivity index (χ0v) is 12.0. The zero-order chi connectivity index (χ0) is 13.8. The van der Waals surface area contributed by atoms with E-state index in [1.165, 1.54) is 5.57 Å². The fraction of sp³-hybridized carbons (Fsp3) is 0.562. The van der Waals surface area contributed by atoms with Crippen LogP contribution in [-0.4, -0.2) is 16.7 Å². The van der Waals surface area contributed by atoms with Gasteiger partial charge in [-0.15, -0.1) is 0 Å². The van der Waals surface area contributed by atoms with Gasteiger partial charge in [0.2, 0.25) is 0 Å². The number of nitrogens with zero attached hydrogens (tertiary/aromatic N) is 1. The molecule has 1 aromatic heterocycles. The lowest BCUT2D eigenvalue weighted by atomic mass is 9.79. The van der Waals surface area contributed by atoms with E-state index in [-0.39, 0.29) is 5.92 Å². The third-order valence-corrected chi connectivity index (χ3v) is 3.66. The van der Waals surface area contributed by atoms with Crippen molar-refractivity contribution >= 4 is 0 Å². The highest BCUT2D eigenvalue weighted by molar-refractivity contribution is 5.26. The molecule has 0 aliphatic heterocycles. The van der Waals surface area contributed by atoms with E-state index in [9.17, 15) is 5.11 Å². The maximum atomic E-state index is 10.6. The lowest BCUT2D eigenvalue weighted by Gasteiger charge is -2.29. The van der Waals surface area contributed by atoms with E-state index >= 15 is 0 Å². The Balaban J connectivity index is 2.13. The minimum absolute atomic E-state index is 0.277. The summed E-state index contributed by atoms with van der Waals surface area (Å²) in [6, 6.07) is 1.90. The molecule has 0 bridgehead atoms. The predicted molar refractivity (Wildman–Crippen MR) is 76.0 cm³/mol. The molecule has 3 heteroatoms. The monoisotopic (exact) mass is 261 g/mol. The summed E-state index contributed by atoms with van der Waals surface area (Å²) < 4.78 is 5.44. The van der Waals surface area contributed by atoms with Crippen LogP contribution in [0.25, 0.3) is 0 Å². The average molecular weight is 261 g/mol. The van der Waals surface area contributed by atoms with Crippen molar-refractivity contribution < 1.29 is 9.84 Å². The van der Waals surface area contributed by atoms with E-state index in [4.69, 9.17) is 4.74 Å². The molecule has 3 atom stereocenters. The summed E-state index contributed by atoms with van der Waals surface area (Å²) in [7, 11) is 0. The molecule has 0 spiro atoms. The van der Waals surface area contributed by atoms with Gasteiger partial charge in [-0.2, -0.15) is 0 Å². The largest absolute Gasteiger partial charge is 0.492 e. The second-order valence-corrected chi connectivity index (χ2v) is 5.52. The minimum atomic E-state index is -0.459. The molecule has 1 aliphatic rings. The summed E-state index contributed by atoms with van der Waals surface area (Å²) in [5, 5.41) is 10.6. The Hall–Kier alpha value is -1.35. The highest BCUT2D eigenvalue weighted by Gasteiger charge is 2.26. The quantitative estimate of drug-likeness (QED) is 0.843. The van der Waals surface area contributed by atoms with Gasteiger partial charge in [-0.05, 0) is 44.6 Å². The van der Waals surface area contributed by atoms with Gasteiger partial charge in [0.15, 0.2) is 0 Å². The fourth-order valence-corrected chi connectivity index (χ4v) is 2.95. The van der Waals surface area contributed by atoms with Crippen LogP contribution >= 0.6 is 0 Å². The van der Waals surface area contributed by atoms with Crippen LogP contribution in [0.2, 0.25) is 0 Å². The van der Waals surface area contributed by atoms with E-state index in [0.29, 0.717) is 12.5 Å². The van der Waals surface area contributed by atoms with Crippen molar-refractivity contribution in [2.75, 3.05) is 6.61 Å². The first kappa shape index (κ1) is 14.1. The van der Waals surface area contributed by atoms with Crippen molar-refractivity contribution in [2.24, 2.45) is 11.8 Å². The van der Waals surface area contributed by atoms with Crippen LogP contribution < -0.4 is 4.74 Å². The molecule has 0 radical (unpaired) electrons. The van der Waals surface area contributed by atoms with Crippen molar-refractivity contribution in [1.82, 2.24) is 4.98 Å². The summed E-state index contributed by atoms with van der Waals surface area (Å²) in [4.78, 5) is 4.16. The molecule has 0 saturated carbocycles. The van der Waals surface area contributed by atoms with E-state index < -0.39 is 6.10 Å². The van der Waals surface area contributed by atoms with E-state index in [0.717, 1.165) is 24.2 Å². The third kappa shape index (κ3) is 3.57. The number of hydrogen-bond donors (Lipinski definition) is 1. The molecule has 1 aliphatic carbocycles. The van der Waals surface area contributed by atoms with Gasteiger partial charge < -0.3 is 9.84 Å². The molecular weight excluding hydrogens is 238 g/mol. The molecule has 0 fully saturated rings. The first-order valence-electron chi connectivity index (χ1n) is 7.03. The molecule has 0 saturated heterocycles. The van der Waals surface area contributed by atoms with Crippen molar-refractivity contribution in [3.05, 3.63) is 35.7 Å². The van der Waals surface area contributed by atoms with Crippen LogP contribution in [0.15, 0.2) is 30.1 Å². The van der Waals surface area contributed by atoms with Gasteiger partial charge >= 0.3 is 0 Å². The van der Waals surface area contributed by atoms with Crippen LogP contribution in [0, 0.1) is 11.8 Å². The number of aliphatic hydroxyl groups excluding tert-OH is 1. The van der Waals surface area contributed by atoms with Gasteiger partial charge in [-0.1, -0.05) is 18.6 Å². The van der Waals surface area contributed by atoms with E-state index in [1.807, 2.05) is 13.0 Å². The van der Waals surface area contributed by atoms with Crippen molar-refractivity contribution in [3.63, 3.8) is 0 Å². The van der Waals surface area contributed by atoms with E-state index in [1.54, 1.807) is 12.4 Å². The molecule has 0 amide bonds. The van der Waals surface area contributed by atoms with Crippen LogP contribution in [0.5, 0.6) is 5.75 Å².